The molecule has 3 aromatic rings. The molecule has 0 unspecified atom stereocenters. The lowest BCUT2D eigenvalue weighted by Gasteiger charge is -2.42. The highest BCUT2D eigenvalue weighted by Crippen LogP contribution is 2.36. The Morgan fingerprint density at radius 1 is 1.10 bits per heavy atom. The number of rotatable bonds is 4. The Hall–Kier alpha value is -3.23. The van der Waals surface area contributed by atoms with Crippen LogP contribution in [0.3, 0.4) is 0 Å². The van der Waals surface area contributed by atoms with Crippen molar-refractivity contribution in [2.24, 2.45) is 0 Å². The zero-order chi connectivity index (χ0) is 22.1. The Morgan fingerprint density at radius 3 is 2.45 bits per heavy atom. The van der Waals surface area contributed by atoms with Gasteiger partial charge in [-0.3, -0.25) is 4.40 Å². The quantitative estimate of drug-likeness (QED) is 0.653. The number of aromatic nitrogens is 2. The molecular weight excluding hydrogens is 407 g/mol. The lowest BCUT2D eigenvalue weighted by Crippen LogP contribution is -2.50. The average Bonchev–Trinajstić information content (AvgIpc) is 3.24. The maximum atomic E-state index is 13.1. The number of nitrogens with zero attached hydrogens (tertiary/aromatic N) is 3. The van der Waals surface area contributed by atoms with Crippen molar-refractivity contribution in [1.82, 2.24) is 19.6 Å². The van der Waals surface area contributed by atoms with E-state index >= 15 is 0 Å². The first kappa shape index (κ1) is 21.0. The molecule has 0 atom stereocenters. The maximum Gasteiger partial charge on any atom is 0.434 e. The van der Waals surface area contributed by atoms with Gasteiger partial charge in [-0.05, 0) is 30.5 Å². The van der Waals surface area contributed by atoms with E-state index in [9.17, 15) is 18.0 Å². The summed E-state index contributed by atoms with van der Waals surface area (Å²) in [7, 11) is 1.61. The van der Waals surface area contributed by atoms with Crippen LogP contribution in [0.25, 0.3) is 5.65 Å². The van der Waals surface area contributed by atoms with Crippen LogP contribution in [-0.4, -0.2) is 47.0 Å². The summed E-state index contributed by atoms with van der Waals surface area (Å²) in [4.78, 5) is 17.5. The summed E-state index contributed by atoms with van der Waals surface area (Å²) >= 11 is 0. The van der Waals surface area contributed by atoms with Crippen LogP contribution in [0.2, 0.25) is 0 Å². The second-order valence-corrected chi connectivity index (χ2v) is 7.81. The molecule has 0 radical (unpaired) electrons. The summed E-state index contributed by atoms with van der Waals surface area (Å²) in [5.74, 6) is 0.546. The lowest BCUT2D eigenvalue weighted by atomic mass is 9.72. The number of piperidine rings is 1. The third kappa shape index (κ3) is 4.17. The van der Waals surface area contributed by atoms with E-state index in [0.29, 0.717) is 25.5 Å². The number of carbonyl (C=O) groups is 1. The largest absolute Gasteiger partial charge is 0.434 e. The third-order valence-corrected chi connectivity index (χ3v) is 6.00. The molecule has 0 bridgehead atoms. The van der Waals surface area contributed by atoms with Gasteiger partial charge in [-0.1, -0.05) is 36.4 Å². The van der Waals surface area contributed by atoms with Crippen LogP contribution in [0.1, 0.15) is 24.1 Å². The van der Waals surface area contributed by atoms with Gasteiger partial charge in [0.15, 0.2) is 5.69 Å². The van der Waals surface area contributed by atoms with Gasteiger partial charge < -0.3 is 15.5 Å². The van der Waals surface area contributed by atoms with Crippen molar-refractivity contribution in [3.63, 3.8) is 0 Å². The topological polar surface area (TPSA) is 61.7 Å². The van der Waals surface area contributed by atoms with Crippen LogP contribution < -0.4 is 10.6 Å². The molecule has 1 fully saturated rings. The van der Waals surface area contributed by atoms with Gasteiger partial charge >= 0.3 is 12.2 Å². The molecule has 164 valence electrons. The van der Waals surface area contributed by atoms with Crippen LogP contribution in [0.5, 0.6) is 0 Å². The predicted octanol–water partition coefficient (Wildman–Crippen LogP) is 4.14. The number of nitrogens with one attached hydrogen (secondary N) is 2. The molecule has 3 heterocycles. The number of anilines is 1. The number of pyridine rings is 1. The summed E-state index contributed by atoms with van der Waals surface area (Å²) in [5.41, 5.74) is 0.216. The van der Waals surface area contributed by atoms with Gasteiger partial charge in [-0.25, -0.2) is 9.78 Å². The average molecular weight is 431 g/mol. The number of hydrogen-bond donors (Lipinski definition) is 2. The Labute approximate surface area is 178 Å². The number of likely N-dealkylation sites (tertiary alicyclic amines) is 1. The Bertz CT molecular complexity index is 1060. The molecular formula is C22H24F3N5O. The van der Waals surface area contributed by atoms with Crippen LogP contribution >= 0.6 is 0 Å². The number of carbonyl (C=O) groups excluding carboxylic acids is 1. The van der Waals surface area contributed by atoms with E-state index in [2.05, 4.69) is 27.8 Å². The minimum absolute atomic E-state index is 0.0996. The molecule has 2 aromatic heterocycles. The van der Waals surface area contributed by atoms with Gasteiger partial charge in [0.2, 0.25) is 0 Å². The first-order valence-electron chi connectivity index (χ1n) is 10.1. The van der Waals surface area contributed by atoms with Crippen molar-refractivity contribution in [1.29, 1.82) is 0 Å². The lowest BCUT2D eigenvalue weighted by molar-refractivity contribution is -0.140. The Kier molecular flexibility index (Phi) is 5.51. The van der Waals surface area contributed by atoms with Gasteiger partial charge in [0.05, 0.1) is 0 Å². The Balaban J connectivity index is 1.61. The summed E-state index contributed by atoms with van der Waals surface area (Å²) in [6.45, 7) is 1.73. The van der Waals surface area contributed by atoms with E-state index in [1.165, 1.54) is 4.40 Å². The summed E-state index contributed by atoms with van der Waals surface area (Å²) < 4.78 is 40.8. The van der Waals surface area contributed by atoms with Gasteiger partial charge in [-0.2, -0.15) is 13.2 Å². The van der Waals surface area contributed by atoms with E-state index in [0.717, 1.165) is 24.6 Å². The molecule has 1 aliphatic heterocycles. The highest BCUT2D eigenvalue weighted by atomic mass is 19.4. The van der Waals surface area contributed by atoms with Gasteiger partial charge in [0.1, 0.15) is 11.5 Å². The standard InChI is InChI=1S/C22H24F3N5O/c1-26-20(31)29-12-10-21(11-13-29,16-6-3-2-4-7-16)15-27-18-8-5-9-19-28-17(14-30(18)19)22(23,24)25/h2-9,14,27H,10-13,15H2,1H3,(H,26,31). The molecule has 6 nitrogen and oxygen atoms in total. The number of fused-ring (bicyclic) bond motifs is 1. The molecule has 2 amide bonds. The normalized spacial score (nSPS) is 16.3. The first-order chi connectivity index (χ1) is 14.8. The second-order valence-electron chi connectivity index (χ2n) is 7.81. The zero-order valence-corrected chi connectivity index (χ0v) is 17.1. The van der Waals surface area contributed by atoms with Crippen molar-refractivity contribution < 1.29 is 18.0 Å². The molecule has 31 heavy (non-hydrogen) atoms. The summed E-state index contributed by atoms with van der Waals surface area (Å²) in [6, 6.07) is 14.9. The Morgan fingerprint density at radius 2 is 1.81 bits per heavy atom. The van der Waals surface area contributed by atoms with Crippen molar-refractivity contribution in [2.75, 3.05) is 32.0 Å². The fourth-order valence-corrected chi connectivity index (χ4v) is 4.21. The predicted molar refractivity (Wildman–Crippen MR) is 112 cm³/mol. The van der Waals surface area contributed by atoms with E-state index < -0.39 is 11.9 Å². The molecule has 1 aromatic carbocycles. The summed E-state index contributed by atoms with van der Waals surface area (Å²) in [5, 5.41) is 6.02. The number of hydrogen-bond acceptors (Lipinski definition) is 3. The number of benzene rings is 1. The monoisotopic (exact) mass is 431 g/mol. The van der Waals surface area contributed by atoms with Gasteiger partial charge in [-0.15, -0.1) is 0 Å². The molecule has 2 N–H and O–H groups in total. The van der Waals surface area contributed by atoms with Gasteiger partial charge in [0, 0.05) is 38.3 Å². The van der Waals surface area contributed by atoms with E-state index in [1.807, 2.05) is 18.2 Å². The van der Waals surface area contributed by atoms with Crippen LogP contribution in [-0.2, 0) is 11.6 Å². The summed E-state index contributed by atoms with van der Waals surface area (Å²) in [6.07, 6.45) is -2.00. The van der Waals surface area contributed by atoms with Crippen molar-refractivity contribution in [2.45, 2.75) is 24.4 Å². The molecule has 0 spiro atoms. The number of urea groups is 1. The molecule has 4 rings (SSSR count). The molecule has 0 saturated carbocycles. The number of halogens is 3. The first-order valence-corrected chi connectivity index (χ1v) is 10.1. The highest BCUT2D eigenvalue weighted by Gasteiger charge is 2.38. The van der Waals surface area contributed by atoms with Crippen molar-refractivity contribution in [3.8, 4) is 0 Å². The van der Waals surface area contributed by atoms with E-state index in [4.69, 9.17) is 0 Å². The third-order valence-electron chi connectivity index (χ3n) is 6.00. The van der Waals surface area contributed by atoms with Crippen LogP contribution in [0.15, 0.2) is 54.7 Å². The number of amides is 2. The van der Waals surface area contributed by atoms with Crippen LogP contribution in [0.4, 0.5) is 23.8 Å². The zero-order valence-electron chi connectivity index (χ0n) is 17.1. The number of alkyl halides is 3. The van der Waals surface area contributed by atoms with Crippen molar-refractivity contribution >= 4 is 17.5 Å². The van der Waals surface area contributed by atoms with E-state index in [-0.39, 0.29) is 17.1 Å². The SMILES string of the molecule is CNC(=O)N1CCC(CNc2cccc3nc(C(F)(F)F)cn23)(c2ccccc2)CC1. The molecule has 1 saturated heterocycles. The highest BCUT2D eigenvalue weighted by molar-refractivity contribution is 5.74. The smallest absolute Gasteiger partial charge is 0.370 e. The maximum absolute atomic E-state index is 13.1. The second kappa shape index (κ2) is 8.13. The molecule has 9 heteroatoms. The van der Waals surface area contributed by atoms with E-state index in [1.54, 1.807) is 30.1 Å². The van der Waals surface area contributed by atoms with Crippen molar-refractivity contribution in [3.05, 3.63) is 66.0 Å². The fourth-order valence-electron chi connectivity index (χ4n) is 4.21. The number of imidazole rings is 1. The van der Waals surface area contributed by atoms with Gasteiger partial charge in [0.25, 0.3) is 0 Å². The molecule has 0 aliphatic carbocycles. The minimum atomic E-state index is -4.50. The minimum Gasteiger partial charge on any atom is -0.370 e. The molecule has 1 aliphatic rings. The van der Waals surface area contributed by atoms with Crippen LogP contribution in [0, 0.1) is 0 Å². The fraction of sp³-hybridized carbons (Fsp3) is 0.364.